The van der Waals surface area contributed by atoms with Gasteiger partial charge in [0.2, 0.25) is 5.95 Å². The van der Waals surface area contributed by atoms with E-state index in [1.807, 2.05) is 0 Å². The van der Waals surface area contributed by atoms with Gasteiger partial charge in [-0.05, 0) is 94.3 Å². The predicted molar refractivity (Wildman–Crippen MR) is 220 cm³/mol. The number of ether oxygens (including phenoxy) is 1. The molecule has 3 aromatic carbocycles. The first-order valence-electron chi connectivity index (χ1n) is 19.0. The Kier molecular flexibility index (Phi) is 17.1. The van der Waals surface area contributed by atoms with Crippen molar-refractivity contribution in [1.82, 2.24) is 19.9 Å². The van der Waals surface area contributed by atoms with E-state index < -0.39 is 37.1 Å². The Morgan fingerprint density at radius 2 is 1.58 bits per heavy atom. The average Bonchev–Trinajstić information content (AvgIpc) is 3.22. The van der Waals surface area contributed by atoms with Crippen molar-refractivity contribution < 1.29 is 60.3 Å². The number of H-pyrrole nitrogens is 1. The number of rotatable bonds is 19. The molecule has 5 aromatic rings. The summed E-state index contributed by atoms with van der Waals surface area (Å²) >= 11 is 0. The van der Waals surface area contributed by atoms with Crippen molar-refractivity contribution in [3.8, 4) is 5.75 Å². The van der Waals surface area contributed by atoms with Crippen LogP contribution >= 0.6 is 7.82 Å². The fourth-order valence-electron chi connectivity index (χ4n) is 5.18. The quantitative estimate of drug-likeness (QED) is 0.0264. The van der Waals surface area contributed by atoms with Crippen LogP contribution in [0.15, 0.2) is 77.7 Å². The van der Waals surface area contributed by atoms with E-state index in [9.17, 15) is 41.7 Å². The molecule has 0 saturated heterocycles. The molecule has 0 fully saturated rings. The molecule has 330 valence electrons. The van der Waals surface area contributed by atoms with Gasteiger partial charge >= 0.3 is 25.9 Å². The molecule has 2 aromatic heterocycles. The highest BCUT2D eigenvalue weighted by Gasteiger charge is 2.32. The number of aromatic nitrogens is 4. The number of aromatic amines is 1. The molecule has 1 atom stereocenters. The molecule has 0 aliphatic heterocycles. The van der Waals surface area contributed by atoms with Crippen LogP contribution in [-0.2, 0) is 47.1 Å². The maximum Gasteiger partial charge on any atom is 0.475 e. The van der Waals surface area contributed by atoms with E-state index in [1.165, 1.54) is 44.3 Å². The summed E-state index contributed by atoms with van der Waals surface area (Å²) in [5.74, 6) is -2.25. The maximum atomic E-state index is 13.7. The molecule has 0 saturated carbocycles. The number of ketones is 2. The smallest absolute Gasteiger partial charge is 0.475 e. The van der Waals surface area contributed by atoms with E-state index in [0.717, 1.165) is 6.07 Å². The van der Waals surface area contributed by atoms with E-state index in [2.05, 4.69) is 30.6 Å². The Labute approximate surface area is 353 Å². The van der Waals surface area contributed by atoms with Crippen molar-refractivity contribution in [1.29, 1.82) is 0 Å². The number of nitrogens with zero attached hydrogens (tertiary/aromatic N) is 3. The number of carboxylic acid groups (broad SMARTS) is 1. The highest BCUT2D eigenvalue weighted by atomic mass is 31.2. The first-order chi connectivity index (χ1) is 29.3. The van der Waals surface area contributed by atoms with E-state index in [0.29, 0.717) is 41.1 Å². The lowest BCUT2D eigenvalue weighted by Crippen LogP contribution is -2.17. The fraction of sp³-hybridized carbons (Fsp3) is 0.317. The van der Waals surface area contributed by atoms with Crippen molar-refractivity contribution in [3.05, 3.63) is 111 Å². The number of aliphatic carboxylic acids is 1. The topological polar surface area (TPSA) is 238 Å². The molecule has 4 N–H and O–H groups in total. The molecule has 62 heavy (non-hydrogen) atoms. The summed E-state index contributed by atoms with van der Waals surface area (Å²) in [5.41, 5.74) is -0.561. The van der Waals surface area contributed by atoms with Gasteiger partial charge in [-0.1, -0.05) is 19.1 Å². The number of carboxylic acids is 1. The first kappa shape index (κ1) is 48.3. The number of anilines is 3. The summed E-state index contributed by atoms with van der Waals surface area (Å²) in [6, 6.07) is 15.0. The zero-order chi connectivity index (χ0) is 45.6. The Morgan fingerprint density at radius 1 is 0.919 bits per heavy atom. The molecule has 0 aliphatic rings. The monoisotopic (exact) mass is 884 g/mol. The van der Waals surface area contributed by atoms with Crippen molar-refractivity contribution in [2.24, 2.45) is 5.92 Å². The van der Waals surface area contributed by atoms with E-state index in [4.69, 9.17) is 23.4 Å². The molecular weight excluding hydrogens is 840 g/mol. The SMILES string of the molecule is CC(=O)C(C)CCC(=O)O.CCOP(=O)(OCC)OCc1ccc(OC(=O)c2ccc(C(F)(F)F)cc2Nc2nc3ncc(CNc4ccc(C(C)=O)cc4)nc3c(=O)[nH]2)cc1. The second-order valence-corrected chi connectivity index (χ2v) is 15.0. The molecule has 0 amide bonds. The second kappa shape index (κ2) is 22.0. The normalized spacial score (nSPS) is 11.9. The first-order valence-corrected chi connectivity index (χ1v) is 20.4. The molecule has 21 heteroatoms. The molecule has 1 unspecified atom stereocenters. The largest absolute Gasteiger partial charge is 0.481 e. The molecule has 5 rings (SSSR count). The van der Waals surface area contributed by atoms with Gasteiger partial charge in [-0.2, -0.15) is 18.2 Å². The van der Waals surface area contributed by atoms with E-state index in [1.54, 1.807) is 45.0 Å². The summed E-state index contributed by atoms with van der Waals surface area (Å²) in [5, 5.41) is 13.9. The third-order valence-electron chi connectivity index (χ3n) is 8.64. The molecule has 17 nitrogen and oxygen atoms in total. The third kappa shape index (κ3) is 14.4. The minimum absolute atomic E-state index is 0.0447. The minimum atomic E-state index is -4.76. The zero-order valence-electron chi connectivity index (χ0n) is 34.2. The second-order valence-electron chi connectivity index (χ2n) is 13.4. The third-order valence-corrected chi connectivity index (χ3v) is 10.2. The number of nitrogens with one attached hydrogen (secondary N) is 3. The number of hydrogen-bond donors (Lipinski definition) is 4. The van der Waals surface area contributed by atoms with Gasteiger partial charge in [-0.25, -0.2) is 19.3 Å². The summed E-state index contributed by atoms with van der Waals surface area (Å²) in [4.78, 5) is 73.4. The Balaban J connectivity index is 0.000000750. The zero-order valence-corrected chi connectivity index (χ0v) is 35.1. The predicted octanol–water partition coefficient (Wildman–Crippen LogP) is 8.28. The lowest BCUT2D eigenvalue weighted by molar-refractivity contribution is -0.138. The summed E-state index contributed by atoms with van der Waals surface area (Å²) in [6.07, 6.45) is -2.86. The molecule has 0 aliphatic carbocycles. The van der Waals surface area contributed by atoms with E-state index >= 15 is 0 Å². The van der Waals surface area contributed by atoms with Gasteiger partial charge in [0, 0.05) is 23.6 Å². The number of hydrogen-bond acceptors (Lipinski definition) is 15. The van der Waals surface area contributed by atoms with Crippen LogP contribution in [-0.4, -0.2) is 61.8 Å². The molecule has 0 bridgehead atoms. The fourth-order valence-corrected chi connectivity index (χ4v) is 6.35. The van der Waals surface area contributed by atoms with Crippen molar-refractivity contribution in [2.45, 2.75) is 66.8 Å². The van der Waals surface area contributed by atoms with Gasteiger partial charge in [0.15, 0.2) is 16.9 Å². The van der Waals surface area contributed by atoms with Crippen LogP contribution in [0.2, 0.25) is 0 Å². The number of fused-ring (bicyclic) bond motifs is 1. The summed E-state index contributed by atoms with van der Waals surface area (Å²) in [6.45, 7) is 8.20. The number of carbonyl (C=O) groups excluding carboxylic acids is 3. The standard InChI is InChI=1S/C34H32F3N6O8P.C7H12O3/c1-4-48-52(47,49-5-2)50-19-21-6-13-26(14-7-21)51-32(46)27-15-10-23(34(35,36)37)16-28(27)41-33-42-30-29(31(45)43-33)40-25(18-39-30)17-38-24-11-8-22(9-12-24)20(3)44;1-5(6(2)8)3-4-7(9)10/h6-16,18,38H,4-5,17,19H2,1-3H3,(H2,39,41,42,43,45);5H,3-4H2,1-2H3,(H,9,10). The van der Waals surface area contributed by atoms with Gasteiger partial charge in [-0.15, -0.1) is 0 Å². The van der Waals surface area contributed by atoms with E-state index in [-0.39, 0.29) is 84.4 Å². The number of esters is 1. The average molecular weight is 885 g/mol. The van der Waals surface area contributed by atoms with Crippen LogP contribution in [0.25, 0.3) is 11.2 Å². The molecule has 2 heterocycles. The Hall–Kier alpha value is -6.34. The van der Waals surface area contributed by atoms with Gasteiger partial charge in [0.25, 0.3) is 5.56 Å². The number of alkyl halides is 3. The highest BCUT2D eigenvalue weighted by molar-refractivity contribution is 7.48. The van der Waals surface area contributed by atoms with Gasteiger partial charge < -0.3 is 20.5 Å². The van der Waals surface area contributed by atoms with Crippen LogP contribution in [0, 0.1) is 5.92 Å². The van der Waals surface area contributed by atoms with Crippen LogP contribution in [0.4, 0.5) is 30.5 Å². The highest BCUT2D eigenvalue weighted by Crippen LogP contribution is 2.50. The maximum absolute atomic E-state index is 13.7. The number of halogens is 3. The van der Waals surface area contributed by atoms with Gasteiger partial charge in [0.05, 0.1) is 55.1 Å². The number of phosphoric acid groups is 1. The van der Waals surface area contributed by atoms with Gasteiger partial charge in [0.1, 0.15) is 11.5 Å². The molecular formula is C41H44F3N6O11P. The van der Waals surface area contributed by atoms with Crippen molar-refractivity contribution >= 4 is 59.8 Å². The summed E-state index contributed by atoms with van der Waals surface area (Å²) < 4.78 is 74.5. The van der Waals surface area contributed by atoms with Crippen LogP contribution < -0.4 is 20.9 Å². The number of Topliss-reactive ketones (excluding diaryl/α,β-unsaturated/α-hetero) is 2. The number of phosphoric ester groups is 1. The summed E-state index contributed by atoms with van der Waals surface area (Å²) in [7, 11) is -3.76. The Bertz CT molecular complexity index is 2470. The lowest BCUT2D eigenvalue weighted by Gasteiger charge is -2.16. The minimum Gasteiger partial charge on any atom is -0.481 e. The van der Waals surface area contributed by atoms with Crippen molar-refractivity contribution in [2.75, 3.05) is 23.8 Å². The molecule has 0 radical (unpaired) electrons. The van der Waals surface area contributed by atoms with Crippen molar-refractivity contribution in [3.63, 3.8) is 0 Å². The molecule has 0 spiro atoms. The van der Waals surface area contributed by atoms with Gasteiger partial charge in [-0.3, -0.25) is 37.7 Å². The van der Waals surface area contributed by atoms with Crippen LogP contribution in [0.5, 0.6) is 5.75 Å². The Morgan fingerprint density at radius 3 is 2.16 bits per heavy atom. The number of carbonyl (C=O) groups is 4. The van der Waals surface area contributed by atoms with Crippen LogP contribution in [0.1, 0.15) is 85.0 Å². The lowest BCUT2D eigenvalue weighted by atomic mass is 10.0. The van der Waals surface area contributed by atoms with Crippen LogP contribution in [0.3, 0.4) is 0 Å². The number of benzene rings is 3.